The average Bonchev–Trinajstić information content (AvgIpc) is 2.13. The second-order valence-corrected chi connectivity index (χ2v) is 3.44. The van der Waals surface area contributed by atoms with Crippen molar-refractivity contribution in [2.24, 2.45) is 5.73 Å². The molecule has 78 valence electrons. The summed E-state index contributed by atoms with van der Waals surface area (Å²) in [6, 6.07) is 2.40. The van der Waals surface area contributed by atoms with E-state index in [9.17, 15) is 10.2 Å². The minimum Gasteiger partial charge on any atom is -0.504 e. The highest BCUT2D eigenvalue weighted by atomic mass is 16.3. The van der Waals surface area contributed by atoms with Crippen molar-refractivity contribution in [3.8, 4) is 17.2 Å². The summed E-state index contributed by atoms with van der Waals surface area (Å²) in [4.78, 5) is 0. The van der Waals surface area contributed by atoms with Crippen LogP contribution in [0.2, 0.25) is 0 Å². The Labute approximate surface area is 81.0 Å². The van der Waals surface area contributed by atoms with Gasteiger partial charge in [0.1, 0.15) is 0 Å². The summed E-state index contributed by atoms with van der Waals surface area (Å²) in [5.74, 6) is -1.53. The van der Waals surface area contributed by atoms with E-state index in [-0.39, 0.29) is 6.61 Å². The smallest absolute Gasteiger partial charge is 0.200 e. The highest BCUT2D eigenvalue weighted by Gasteiger charge is 2.22. The number of phenolic OH excluding ortho intramolecular Hbond substituents is 3. The number of hydrogen-bond donors (Lipinski definition) is 5. The Kier molecular flexibility index (Phi) is 2.55. The van der Waals surface area contributed by atoms with Gasteiger partial charge in [0.05, 0.1) is 12.1 Å². The van der Waals surface area contributed by atoms with E-state index in [1.165, 1.54) is 19.1 Å². The molecular formula is C9H13NO4. The molecule has 1 atom stereocenters. The van der Waals surface area contributed by atoms with Gasteiger partial charge in [0.2, 0.25) is 0 Å². The van der Waals surface area contributed by atoms with E-state index >= 15 is 0 Å². The molecule has 1 rings (SSSR count). The quantitative estimate of drug-likeness (QED) is 0.430. The monoisotopic (exact) mass is 199 g/mol. The first kappa shape index (κ1) is 10.6. The summed E-state index contributed by atoms with van der Waals surface area (Å²) < 4.78 is 0. The number of rotatable bonds is 2. The van der Waals surface area contributed by atoms with Gasteiger partial charge in [-0.1, -0.05) is 0 Å². The van der Waals surface area contributed by atoms with Crippen molar-refractivity contribution < 1.29 is 20.4 Å². The van der Waals surface area contributed by atoms with Crippen LogP contribution < -0.4 is 5.73 Å². The molecule has 0 unspecified atom stereocenters. The summed E-state index contributed by atoms with van der Waals surface area (Å²) in [6.45, 7) is 1.20. The normalized spacial score (nSPS) is 15.1. The number of aliphatic hydroxyl groups is 1. The van der Waals surface area contributed by atoms with Crippen LogP contribution in [0.3, 0.4) is 0 Å². The van der Waals surface area contributed by atoms with Gasteiger partial charge in [-0.15, -0.1) is 0 Å². The lowest BCUT2D eigenvalue weighted by atomic mass is 9.93. The first-order chi connectivity index (χ1) is 6.38. The summed E-state index contributed by atoms with van der Waals surface area (Å²) in [5.41, 5.74) is 4.95. The van der Waals surface area contributed by atoms with Crippen LogP contribution in [0.25, 0.3) is 0 Å². The van der Waals surface area contributed by atoms with E-state index in [0.717, 1.165) is 0 Å². The predicted molar refractivity (Wildman–Crippen MR) is 50.1 cm³/mol. The third-order valence-corrected chi connectivity index (χ3v) is 2.06. The average molecular weight is 199 g/mol. The van der Waals surface area contributed by atoms with Crippen LogP contribution in [0.15, 0.2) is 12.1 Å². The van der Waals surface area contributed by atoms with Crippen molar-refractivity contribution in [2.45, 2.75) is 12.5 Å². The summed E-state index contributed by atoms with van der Waals surface area (Å²) in [6.07, 6.45) is 0. The molecule has 5 heteroatoms. The van der Waals surface area contributed by atoms with Crippen molar-refractivity contribution in [1.29, 1.82) is 0 Å². The van der Waals surface area contributed by atoms with Crippen LogP contribution >= 0.6 is 0 Å². The zero-order chi connectivity index (χ0) is 10.9. The van der Waals surface area contributed by atoms with Crippen molar-refractivity contribution in [1.82, 2.24) is 0 Å². The zero-order valence-corrected chi connectivity index (χ0v) is 7.73. The summed E-state index contributed by atoms with van der Waals surface area (Å²) >= 11 is 0. The molecule has 1 aromatic carbocycles. The van der Waals surface area contributed by atoms with E-state index < -0.39 is 22.8 Å². The van der Waals surface area contributed by atoms with Crippen molar-refractivity contribution in [2.75, 3.05) is 6.61 Å². The van der Waals surface area contributed by atoms with Gasteiger partial charge in [-0.3, -0.25) is 0 Å². The fourth-order valence-electron chi connectivity index (χ4n) is 1.03. The second kappa shape index (κ2) is 3.36. The minimum atomic E-state index is -1.07. The largest absolute Gasteiger partial charge is 0.504 e. The third-order valence-electron chi connectivity index (χ3n) is 2.06. The number of aliphatic hydroxyl groups excluding tert-OH is 1. The topological polar surface area (TPSA) is 107 Å². The van der Waals surface area contributed by atoms with Crippen LogP contribution in [0, 0.1) is 0 Å². The fourth-order valence-corrected chi connectivity index (χ4v) is 1.03. The predicted octanol–water partition coefficient (Wildman–Crippen LogP) is -0.0304. The molecule has 0 spiro atoms. The van der Waals surface area contributed by atoms with Gasteiger partial charge in [-0.25, -0.2) is 0 Å². The van der Waals surface area contributed by atoms with E-state index in [1.807, 2.05) is 0 Å². The maximum Gasteiger partial charge on any atom is 0.200 e. The molecule has 0 fully saturated rings. The van der Waals surface area contributed by atoms with Crippen LogP contribution in [-0.2, 0) is 5.54 Å². The molecule has 0 bridgehead atoms. The highest BCUT2D eigenvalue weighted by molar-refractivity contribution is 5.52. The Morgan fingerprint density at radius 1 is 1.21 bits per heavy atom. The van der Waals surface area contributed by atoms with Gasteiger partial charge in [0, 0.05) is 0 Å². The van der Waals surface area contributed by atoms with Gasteiger partial charge in [0.15, 0.2) is 17.2 Å². The Bertz CT molecular complexity index is 326. The first-order valence-electron chi connectivity index (χ1n) is 4.03. The Morgan fingerprint density at radius 2 is 1.64 bits per heavy atom. The molecule has 0 amide bonds. The summed E-state index contributed by atoms with van der Waals surface area (Å²) in [5, 5.41) is 36.4. The van der Waals surface area contributed by atoms with Gasteiger partial charge < -0.3 is 26.2 Å². The first-order valence-corrected chi connectivity index (χ1v) is 4.03. The molecule has 1 aromatic rings. The lowest BCUT2D eigenvalue weighted by Gasteiger charge is -2.22. The molecule has 0 heterocycles. The number of phenols is 3. The maximum absolute atomic E-state index is 9.19. The summed E-state index contributed by atoms with van der Waals surface area (Å²) in [7, 11) is 0. The molecule has 0 aromatic heterocycles. The molecular weight excluding hydrogens is 186 g/mol. The van der Waals surface area contributed by atoms with Crippen molar-refractivity contribution in [3.05, 3.63) is 17.7 Å². The van der Waals surface area contributed by atoms with Crippen LogP contribution in [0.4, 0.5) is 0 Å². The SMILES string of the molecule is C[C@](N)(CO)c1cc(O)c(O)c(O)c1. The van der Waals surface area contributed by atoms with Crippen molar-refractivity contribution in [3.63, 3.8) is 0 Å². The van der Waals surface area contributed by atoms with E-state index in [4.69, 9.17) is 15.9 Å². The van der Waals surface area contributed by atoms with Crippen LogP contribution in [0.5, 0.6) is 17.2 Å². The molecule has 0 aliphatic heterocycles. The lowest BCUT2D eigenvalue weighted by molar-refractivity contribution is 0.209. The van der Waals surface area contributed by atoms with Gasteiger partial charge in [-0.2, -0.15) is 0 Å². The number of nitrogens with two attached hydrogens (primary N) is 1. The number of benzene rings is 1. The Morgan fingerprint density at radius 3 is 2.00 bits per heavy atom. The van der Waals surface area contributed by atoms with Gasteiger partial charge in [0.25, 0.3) is 0 Å². The van der Waals surface area contributed by atoms with Crippen LogP contribution in [-0.4, -0.2) is 27.0 Å². The number of aromatic hydroxyl groups is 3. The Balaban J connectivity index is 3.26. The van der Waals surface area contributed by atoms with E-state index in [2.05, 4.69) is 0 Å². The highest BCUT2D eigenvalue weighted by Crippen LogP contribution is 2.37. The van der Waals surface area contributed by atoms with E-state index in [1.54, 1.807) is 0 Å². The van der Waals surface area contributed by atoms with Gasteiger partial charge in [-0.05, 0) is 24.6 Å². The zero-order valence-electron chi connectivity index (χ0n) is 7.73. The second-order valence-electron chi connectivity index (χ2n) is 3.44. The fraction of sp³-hybridized carbons (Fsp3) is 0.333. The molecule has 0 saturated heterocycles. The van der Waals surface area contributed by atoms with Gasteiger partial charge >= 0.3 is 0 Å². The Hall–Kier alpha value is -1.46. The molecule has 0 radical (unpaired) electrons. The molecule has 0 aliphatic carbocycles. The minimum absolute atomic E-state index is 0.337. The maximum atomic E-state index is 9.19. The lowest BCUT2D eigenvalue weighted by Crippen LogP contribution is -2.36. The standard InChI is InChI=1S/C9H13NO4/c1-9(10,4-11)5-2-6(12)8(14)7(13)3-5/h2-3,11-14H,4,10H2,1H3/t9-/m0/s1. The molecule has 0 saturated carbocycles. The van der Waals surface area contributed by atoms with Crippen molar-refractivity contribution >= 4 is 0 Å². The molecule has 5 nitrogen and oxygen atoms in total. The molecule has 6 N–H and O–H groups in total. The van der Waals surface area contributed by atoms with E-state index in [0.29, 0.717) is 5.56 Å². The number of hydrogen-bond acceptors (Lipinski definition) is 5. The third kappa shape index (κ3) is 1.73. The van der Waals surface area contributed by atoms with Crippen LogP contribution in [0.1, 0.15) is 12.5 Å². The molecule has 0 aliphatic rings. The molecule has 14 heavy (non-hydrogen) atoms.